The average molecular weight is 1070 g/mol. The minimum atomic E-state index is -0.872. The number of amides is 3. The molecular weight excluding hydrogens is 1000 g/mol. The van der Waals surface area contributed by atoms with Crippen molar-refractivity contribution in [3.05, 3.63) is 109 Å². The second-order valence-electron chi connectivity index (χ2n) is 23.3. The number of nitrogens with one attached hydrogen (secondary N) is 2. The maximum Gasteiger partial charge on any atom is 0.281 e. The molecule has 5 aromatic rings. The normalized spacial score (nSPS) is 23.1. The predicted octanol–water partition coefficient (Wildman–Crippen LogP) is 9.04. The number of rotatable bonds is 12. The summed E-state index contributed by atoms with van der Waals surface area (Å²) in [5.74, 6) is 0.959. The monoisotopic (exact) mass is 1070 g/mol. The van der Waals surface area contributed by atoms with Gasteiger partial charge in [0.05, 0.1) is 50.2 Å². The fraction of sp³-hybridized carbons (Fsp3) is 0.552. The van der Waals surface area contributed by atoms with Gasteiger partial charge in [0.25, 0.3) is 5.56 Å². The van der Waals surface area contributed by atoms with Gasteiger partial charge in [-0.25, -0.2) is 4.98 Å². The number of benzene rings is 3. The molecule has 3 amide bonds. The first-order valence-electron chi connectivity index (χ1n) is 26.8. The summed E-state index contributed by atoms with van der Waals surface area (Å²) in [5, 5.41) is 18.0. The third-order valence-corrected chi connectivity index (χ3v) is 18.7. The van der Waals surface area contributed by atoms with Gasteiger partial charge in [-0.15, -0.1) is 11.3 Å². The number of hydrogen-bond donors (Lipinski definition) is 3. The van der Waals surface area contributed by atoms with Crippen LogP contribution >= 0.6 is 27.3 Å². The van der Waals surface area contributed by atoms with Crippen LogP contribution in [-0.2, 0) is 19.8 Å². The molecule has 4 fully saturated rings. The van der Waals surface area contributed by atoms with Crippen LogP contribution < -0.4 is 16.2 Å². The molecule has 2 saturated heterocycles. The first-order valence-corrected chi connectivity index (χ1v) is 28.5. The molecule has 0 unspecified atom stereocenters. The highest BCUT2D eigenvalue weighted by Crippen LogP contribution is 2.52. The van der Waals surface area contributed by atoms with Crippen molar-refractivity contribution in [2.75, 3.05) is 46.8 Å². The second-order valence-corrected chi connectivity index (χ2v) is 25.0. The Morgan fingerprint density at radius 3 is 2.33 bits per heavy atom. The molecule has 2 saturated carbocycles. The van der Waals surface area contributed by atoms with Gasteiger partial charge in [-0.1, -0.05) is 82.5 Å². The van der Waals surface area contributed by atoms with Gasteiger partial charge in [-0.3, -0.25) is 23.7 Å². The maximum absolute atomic E-state index is 14.6. The van der Waals surface area contributed by atoms with E-state index in [4.69, 9.17) is 4.98 Å². The molecule has 3 aliphatic heterocycles. The molecule has 3 aromatic carbocycles. The maximum atomic E-state index is 14.6. The lowest BCUT2D eigenvalue weighted by Gasteiger charge is -2.38. The van der Waals surface area contributed by atoms with Crippen LogP contribution in [0.25, 0.3) is 27.0 Å². The Hall–Kier alpha value is -4.80. The number of carbonyl (C=O) groups excluding carboxylic acids is 3. The SMILES string of the molecule is Cc1ncsc1-c1ccc([C@H](CN(C)C)NC(=O)[C@@H]2C[C@@H](O)CN2C(=O)[C@@H](NC(=O)[C@H]2CC[C@H](CN3CCC(c4ccc5c(c4)C4(CCCCC4)c4nc(=O)c6c(Br)cccc6n4-5)CC3)CC2)C(C)(C)C)cc1. The first kappa shape index (κ1) is 51.7. The average Bonchev–Trinajstić information content (AvgIpc) is 4.06. The van der Waals surface area contributed by atoms with Crippen LogP contribution in [0.15, 0.2) is 75.4 Å². The van der Waals surface area contributed by atoms with E-state index in [0.29, 0.717) is 23.8 Å². The van der Waals surface area contributed by atoms with E-state index in [9.17, 15) is 24.3 Å². The Bertz CT molecular complexity index is 2910. The van der Waals surface area contributed by atoms with Crippen molar-refractivity contribution < 1.29 is 19.5 Å². The fourth-order valence-corrected chi connectivity index (χ4v) is 14.4. The summed E-state index contributed by atoms with van der Waals surface area (Å²) in [5.41, 5.74) is 8.65. The van der Waals surface area contributed by atoms with Crippen LogP contribution in [0.2, 0.25) is 0 Å². The van der Waals surface area contributed by atoms with Gasteiger partial charge in [0.15, 0.2) is 0 Å². The summed E-state index contributed by atoms with van der Waals surface area (Å²) in [7, 11) is 3.92. The van der Waals surface area contributed by atoms with Crippen LogP contribution in [0, 0.1) is 24.2 Å². The van der Waals surface area contributed by atoms with E-state index in [1.165, 1.54) is 28.1 Å². The number of nitrogens with zero attached hydrogens (tertiary/aromatic N) is 6. The zero-order chi connectivity index (χ0) is 51.3. The van der Waals surface area contributed by atoms with Gasteiger partial charge in [-0.2, -0.15) is 4.98 Å². The van der Waals surface area contributed by atoms with Gasteiger partial charge in [0.2, 0.25) is 17.7 Å². The Kier molecular flexibility index (Phi) is 14.9. The molecule has 5 aliphatic rings. The van der Waals surface area contributed by atoms with Crippen LogP contribution in [0.1, 0.15) is 138 Å². The molecule has 13 nitrogen and oxygen atoms in total. The molecule has 10 rings (SSSR count). The standard InChI is InChI=1S/C58H73BrN8O5S/c1-35-50(73-34-60-35)39-19-17-38(18-20-39)45(33-64(5)6)61-53(70)48-30-42(68)32-66(48)55(72)51(57(2,3)4)62-52(69)40-15-13-36(14-16-40)31-65-27-23-37(24-28-65)41-21-22-46-43(29-41)58(25-8-7-9-26-58)56-63-54(71)49-44(59)11-10-12-47(49)67(46)56/h10-12,17-22,29,34,36-37,40,42,45,48,51,68H,7-9,13-16,23-28,30-33H2,1-6H3,(H,61,70)(H,62,69)/t36-,40-,42-,45+,48+,51-/m1/s1. The summed E-state index contributed by atoms with van der Waals surface area (Å²) < 4.78 is 3.07. The van der Waals surface area contributed by atoms with E-state index in [0.717, 1.165) is 121 Å². The van der Waals surface area contributed by atoms with Crippen LogP contribution in [0.4, 0.5) is 0 Å². The number of aliphatic hydroxyl groups is 1. The zero-order valence-corrected chi connectivity index (χ0v) is 45.9. The molecule has 4 atom stereocenters. The number of thiazole rings is 1. The number of fused-ring (bicyclic) bond motifs is 7. The molecule has 73 heavy (non-hydrogen) atoms. The van der Waals surface area contributed by atoms with Crippen molar-refractivity contribution in [3.63, 3.8) is 0 Å². The lowest BCUT2D eigenvalue weighted by molar-refractivity contribution is -0.145. The number of β-amino-alcohol motifs (C(OH)–C–C–N with tert-alkyl or cyclic N) is 1. The summed E-state index contributed by atoms with van der Waals surface area (Å²) in [6.45, 7) is 11.5. The number of likely N-dealkylation sites (tertiary alicyclic amines) is 2. The first-order chi connectivity index (χ1) is 35.0. The minimum Gasteiger partial charge on any atom is -0.391 e. The predicted molar refractivity (Wildman–Crippen MR) is 292 cm³/mol. The van der Waals surface area contributed by atoms with Gasteiger partial charge in [-0.05, 0) is 159 Å². The van der Waals surface area contributed by atoms with Crippen LogP contribution in [0.5, 0.6) is 0 Å². The van der Waals surface area contributed by atoms with Crippen molar-refractivity contribution in [1.82, 2.24) is 39.9 Å². The highest BCUT2D eigenvalue weighted by atomic mass is 79.9. The number of likely N-dealkylation sites (N-methyl/N-ethyl adjacent to an activating group) is 1. The van der Waals surface area contributed by atoms with E-state index in [1.807, 2.05) is 76.5 Å². The van der Waals surface area contributed by atoms with Crippen molar-refractivity contribution in [2.45, 2.75) is 140 Å². The Morgan fingerprint density at radius 2 is 1.66 bits per heavy atom. The summed E-state index contributed by atoms with van der Waals surface area (Å²) in [6.07, 6.45) is 10.5. The molecule has 5 heterocycles. The molecule has 388 valence electrons. The number of aliphatic hydroxyl groups excluding tert-OH is 1. The quantitative estimate of drug-likeness (QED) is 0.111. The van der Waals surface area contributed by atoms with E-state index < -0.39 is 23.6 Å². The Balaban J connectivity index is 0.739. The van der Waals surface area contributed by atoms with E-state index in [-0.39, 0.29) is 53.6 Å². The van der Waals surface area contributed by atoms with Gasteiger partial charge >= 0.3 is 0 Å². The molecule has 3 N–H and O–H groups in total. The van der Waals surface area contributed by atoms with Crippen LogP contribution in [0.3, 0.4) is 0 Å². The number of hydrogen-bond acceptors (Lipinski definition) is 10. The van der Waals surface area contributed by atoms with Gasteiger partial charge < -0.3 is 30.4 Å². The third kappa shape index (κ3) is 10.3. The lowest BCUT2D eigenvalue weighted by atomic mass is 9.69. The summed E-state index contributed by atoms with van der Waals surface area (Å²) in [4.78, 5) is 72.9. The molecular formula is C58H73BrN8O5S. The summed E-state index contributed by atoms with van der Waals surface area (Å²) >= 11 is 5.24. The van der Waals surface area contributed by atoms with Crippen molar-refractivity contribution >= 4 is 55.9 Å². The highest BCUT2D eigenvalue weighted by molar-refractivity contribution is 9.10. The van der Waals surface area contributed by atoms with Gasteiger partial charge in [0.1, 0.15) is 17.9 Å². The second kappa shape index (κ2) is 21.1. The molecule has 2 aliphatic carbocycles. The zero-order valence-electron chi connectivity index (χ0n) is 43.5. The molecule has 2 aromatic heterocycles. The number of halogens is 1. The van der Waals surface area contributed by atoms with Crippen molar-refractivity contribution in [3.8, 4) is 16.1 Å². The lowest BCUT2D eigenvalue weighted by Crippen LogP contribution is -2.58. The topological polar surface area (TPSA) is 153 Å². The molecule has 0 radical (unpaired) electrons. The smallest absolute Gasteiger partial charge is 0.281 e. The van der Waals surface area contributed by atoms with Crippen molar-refractivity contribution in [2.24, 2.45) is 17.3 Å². The number of aryl methyl sites for hydroxylation is 1. The molecule has 15 heteroatoms. The fourth-order valence-electron chi connectivity index (χ4n) is 13.1. The summed E-state index contributed by atoms with van der Waals surface area (Å²) in [6, 6.07) is 19.2. The van der Waals surface area contributed by atoms with E-state index in [2.05, 4.69) is 77.4 Å². The van der Waals surface area contributed by atoms with E-state index in [1.54, 1.807) is 11.3 Å². The highest BCUT2D eigenvalue weighted by Gasteiger charge is 2.48. The number of carbonyl (C=O) groups is 3. The van der Waals surface area contributed by atoms with E-state index >= 15 is 0 Å². The number of piperidine rings is 1. The molecule has 0 bridgehead atoms. The largest absolute Gasteiger partial charge is 0.391 e. The number of aromatic nitrogens is 3. The van der Waals surface area contributed by atoms with Crippen molar-refractivity contribution in [1.29, 1.82) is 0 Å². The minimum absolute atomic E-state index is 0.0307. The van der Waals surface area contributed by atoms with Gasteiger partial charge in [0, 0.05) is 36.4 Å². The third-order valence-electron chi connectivity index (χ3n) is 17.0. The Morgan fingerprint density at radius 1 is 0.932 bits per heavy atom. The van der Waals surface area contributed by atoms with Crippen LogP contribution in [-0.4, -0.2) is 117 Å². The Labute approximate surface area is 442 Å². The molecule has 1 spiro atoms.